The first-order valence-electron chi connectivity index (χ1n) is 5.98. The summed E-state index contributed by atoms with van der Waals surface area (Å²) in [6.45, 7) is 9.53. The average Bonchev–Trinajstić information content (AvgIpc) is 2.08. The van der Waals surface area contributed by atoms with Crippen LogP contribution in [0.1, 0.15) is 40.5 Å². The summed E-state index contributed by atoms with van der Waals surface area (Å²) in [6.07, 6.45) is 2.69. The van der Waals surface area contributed by atoms with Gasteiger partial charge in [0.05, 0.1) is 0 Å². The minimum absolute atomic E-state index is 0.372. The molecule has 0 radical (unpaired) electrons. The topological polar surface area (TPSA) is 3.24 Å². The van der Waals surface area contributed by atoms with Crippen LogP contribution >= 0.6 is 0 Å². The monoisotopic (exact) mass is 215 g/mol. The Kier molecular flexibility index (Phi) is 4.69. The van der Waals surface area contributed by atoms with E-state index in [1.165, 1.54) is 12.8 Å². The molecule has 0 aromatic heterocycles. The lowest BCUT2D eigenvalue weighted by molar-refractivity contribution is 0.260. The van der Waals surface area contributed by atoms with Crippen LogP contribution in [0.25, 0.3) is 0 Å². The Hall–Kier alpha value is 0.394. The van der Waals surface area contributed by atoms with E-state index in [-0.39, 0.29) is 8.96 Å². The highest BCUT2D eigenvalue weighted by atomic mass is 28.4. The van der Waals surface area contributed by atoms with Gasteiger partial charge in [0.1, 0.15) is 8.96 Å². The van der Waals surface area contributed by atoms with Crippen molar-refractivity contribution in [3.05, 3.63) is 0 Å². The molecule has 0 spiro atoms. The van der Waals surface area contributed by atoms with Crippen LogP contribution in [-0.4, -0.2) is 35.1 Å². The summed E-state index contributed by atoms with van der Waals surface area (Å²) in [5.41, 5.74) is 3.43. The van der Waals surface area contributed by atoms with Gasteiger partial charge in [0.25, 0.3) is 0 Å². The third kappa shape index (κ3) is 2.67. The fourth-order valence-corrected chi connectivity index (χ4v) is 9.60. The third-order valence-electron chi connectivity index (χ3n) is 3.70. The first kappa shape index (κ1) is 11.5. The average molecular weight is 215 g/mol. The molecule has 1 fully saturated rings. The van der Waals surface area contributed by atoms with Gasteiger partial charge in [0, 0.05) is 9.52 Å². The van der Waals surface area contributed by atoms with Gasteiger partial charge >= 0.3 is 0 Å². The normalized spacial score (nSPS) is 28.8. The quantitative estimate of drug-likeness (QED) is 0.631. The molecule has 1 aliphatic rings. The predicted molar refractivity (Wildman–Crippen MR) is 66.7 cm³/mol. The second kappa shape index (κ2) is 5.32. The Balaban J connectivity index is 2.51. The number of hydrogen-bond donors (Lipinski definition) is 0. The lowest BCUT2D eigenvalue weighted by Gasteiger charge is -2.44. The molecule has 1 nitrogen and oxygen atoms in total. The zero-order chi connectivity index (χ0) is 9.84. The largest absolute Gasteiger partial charge is 0.322 e. The van der Waals surface area contributed by atoms with Gasteiger partial charge in [-0.2, -0.15) is 0 Å². The fraction of sp³-hybridized carbons (Fsp3) is 1.00. The van der Waals surface area contributed by atoms with Crippen molar-refractivity contribution < 1.29 is 0 Å². The Bertz CT molecular complexity index is 131. The van der Waals surface area contributed by atoms with Crippen molar-refractivity contribution in [2.75, 3.05) is 0 Å². The van der Waals surface area contributed by atoms with Gasteiger partial charge in [-0.3, -0.25) is 0 Å². The van der Waals surface area contributed by atoms with Crippen LogP contribution in [0.4, 0.5) is 0 Å². The molecule has 2 unspecified atom stereocenters. The summed E-state index contributed by atoms with van der Waals surface area (Å²) in [4.78, 5) is 0. The molecule has 1 heterocycles. The van der Waals surface area contributed by atoms with Crippen molar-refractivity contribution in [2.45, 2.75) is 64.0 Å². The van der Waals surface area contributed by atoms with E-state index < -0.39 is 0 Å². The van der Waals surface area contributed by atoms with Crippen LogP contribution in [-0.2, 0) is 0 Å². The van der Waals surface area contributed by atoms with Gasteiger partial charge in [-0.15, -0.1) is 0 Å². The van der Waals surface area contributed by atoms with Crippen molar-refractivity contribution in [1.82, 2.24) is 4.57 Å². The van der Waals surface area contributed by atoms with Gasteiger partial charge in [-0.1, -0.05) is 39.0 Å². The maximum absolute atomic E-state index is 2.93. The highest BCUT2D eigenvalue weighted by Gasteiger charge is 2.31. The molecule has 1 saturated heterocycles. The zero-order valence-electron chi connectivity index (χ0n) is 9.71. The highest BCUT2D eigenvalue weighted by molar-refractivity contribution is 6.84. The van der Waals surface area contributed by atoms with Crippen molar-refractivity contribution in [2.24, 2.45) is 0 Å². The molecular formula is C10H25NSi2. The number of hydrogen-bond acceptors (Lipinski definition) is 1. The molecular weight excluding hydrogens is 190 g/mol. The Labute approximate surface area is 87.4 Å². The van der Waals surface area contributed by atoms with E-state index in [0.29, 0.717) is 9.52 Å². The SMILES string of the molecule is CCC(C)N(C(C)CC)[SiH]1C[SiH2]C1. The summed E-state index contributed by atoms with van der Waals surface area (Å²) >= 11 is 0. The molecule has 0 saturated carbocycles. The first-order valence-corrected chi connectivity index (χ1v) is 10.1. The van der Waals surface area contributed by atoms with Crippen LogP contribution in [0.15, 0.2) is 0 Å². The van der Waals surface area contributed by atoms with Crippen molar-refractivity contribution in [3.63, 3.8) is 0 Å². The van der Waals surface area contributed by atoms with Crippen molar-refractivity contribution in [3.8, 4) is 0 Å². The maximum atomic E-state index is 2.93. The van der Waals surface area contributed by atoms with E-state index in [1.807, 2.05) is 0 Å². The standard InChI is InChI=1S/C10H25NSi2/c1-5-9(3)11(10(4)6-2)13-7-12-8-13/h9-10,13H,5-8,12H2,1-4H3. The second-order valence-corrected chi connectivity index (χ2v) is 11.8. The van der Waals surface area contributed by atoms with E-state index >= 15 is 0 Å². The molecule has 0 aromatic rings. The molecule has 0 aromatic carbocycles. The van der Waals surface area contributed by atoms with Crippen LogP contribution in [0.2, 0.25) is 11.3 Å². The van der Waals surface area contributed by atoms with Crippen molar-refractivity contribution in [1.29, 1.82) is 0 Å². The maximum Gasteiger partial charge on any atom is 0.106 e. The molecule has 78 valence electrons. The van der Waals surface area contributed by atoms with E-state index in [9.17, 15) is 0 Å². The first-order chi connectivity index (χ1) is 6.20. The summed E-state index contributed by atoms with van der Waals surface area (Å²) in [6, 6.07) is 1.72. The molecule has 3 heteroatoms. The predicted octanol–water partition coefficient (Wildman–Crippen LogP) is 1.71. The molecule has 1 rings (SSSR count). The zero-order valence-corrected chi connectivity index (χ0v) is 12.3. The van der Waals surface area contributed by atoms with E-state index in [4.69, 9.17) is 0 Å². The molecule has 13 heavy (non-hydrogen) atoms. The molecule has 0 aliphatic carbocycles. The minimum atomic E-state index is -0.372. The number of rotatable bonds is 5. The van der Waals surface area contributed by atoms with Gasteiger partial charge in [0.2, 0.25) is 0 Å². The second-order valence-electron chi connectivity index (χ2n) is 4.55. The Morgan fingerprint density at radius 2 is 1.62 bits per heavy atom. The van der Waals surface area contributed by atoms with E-state index in [0.717, 1.165) is 12.1 Å². The van der Waals surface area contributed by atoms with Crippen LogP contribution in [0, 0.1) is 0 Å². The van der Waals surface area contributed by atoms with Gasteiger partial charge in [0.15, 0.2) is 0 Å². The van der Waals surface area contributed by atoms with Crippen LogP contribution in [0.5, 0.6) is 0 Å². The molecule has 0 bridgehead atoms. The lowest BCUT2D eigenvalue weighted by Crippen LogP contribution is -2.55. The summed E-state index contributed by atoms with van der Waals surface area (Å²) < 4.78 is 2.93. The molecule has 1 aliphatic heterocycles. The molecule has 2 atom stereocenters. The Morgan fingerprint density at radius 1 is 1.15 bits per heavy atom. The molecule has 0 N–H and O–H groups in total. The summed E-state index contributed by atoms with van der Waals surface area (Å²) in [7, 11) is 0.0838. The fourth-order valence-electron chi connectivity index (χ4n) is 2.26. The highest BCUT2D eigenvalue weighted by Crippen LogP contribution is 2.23. The van der Waals surface area contributed by atoms with Crippen LogP contribution < -0.4 is 0 Å². The summed E-state index contributed by atoms with van der Waals surface area (Å²) in [5, 5.41) is 0. The van der Waals surface area contributed by atoms with E-state index in [2.05, 4.69) is 32.3 Å². The van der Waals surface area contributed by atoms with Gasteiger partial charge in [-0.25, -0.2) is 0 Å². The Morgan fingerprint density at radius 3 is 1.85 bits per heavy atom. The van der Waals surface area contributed by atoms with Gasteiger partial charge < -0.3 is 4.57 Å². The number of nitrogens with zero attached hydrogens (tertiary/aromatic N) is 1. The molecule has 0 amide bonds. The van der Waals surface area contributed by atoms with Crippen LogP contribution in [0.3, 0.4) is 0 Å². The smallest absolute Gasteiger partial charge is 0.106 e. The minimum Gasteiger partial charge on any atom is -0.322 e. The van der Waals surface area contributed by atoms with E-state index in [1.54, 1.807) is 11.3 Å². The lowest BCUT2D eigenvalue weighted by atomic mass is 10.2. The third-order valence-corrected chi connectivity index (χ3v) is 14.2. The van der Waals surface area contributed by atoms with Crippen molar-refractivity contribution >= 4 is 18.5 Å². The summed E-state index contributed by atoms with van der Waals surface area (Å²) in [5.74, 6) is 0. The van der Waals surface area contributed by atoms with Gasteiger partial charge in [-0.05, 0) is 24.9 Å².